The summed E-state index contributed by atoms with van der Waals surface area (Å²) >= 11 is 0. The maximum atomic E-state index is 5.55. The van der Waals surface area contributed by atoms with E-state index >= 15 is 0 Å². The molecule has 0 aromatic carbocycles. The van der Waals surface area contributed by atoms with E-state index in [1.807, 2.05) is 0 Å². The molecule has 2 N–H and O–H groups in total. The third kappa shape index (κ3) is 42.0. The van der Waals surface area contributed by atoms with Crippen LogP contribution in [-0.4, -0.2) is 6.54 Å². The summed E-state index contributed by atoms with van der Waals surface area (Å²) in [6, 6.07) is 0. The largest absolute Gasteiger partial charge is 0.330 e. The van der Waals surface area contributed by atoms with E-state index in [0.29, 0.717) is 0 Å². The second-order valence-corrected chi connectivity index (χ2v) is 14.6. The van der Waals surface area contributed by atoms with Gasteiger partial charge < -0.3 is 5.73 Å². The second kappa shape index (κ2) is 42.0. The van der Waals surface area contributed by atoms with Gasteiger partial charge in [-0.25, -0.2) is 0 Å². The summed E-state index contributed by atoms with van der Waals surface area (Å²) in [7, 11) is 0. The molecular weight excluding hydrogens is 518 g/mol. The molecule has 0 saturated heterocycles. The lowest BCUT2D eigenvalue weighted by molar-refractivity contribution is 0.509. The van der Waals surface area contributed by atoms with Crippen LogP contribution in [0.3, 0.4) is 0 Å². The van der Waals surface area contributed by atoms with Crippen molar-refractivity contribution < 1.29 is 0 Å². The molecule has 43 heavy (non-hydrogen) atoms. The van der Waals surface area contributed by atoms with Crippen molar-refractivity contribution in [2.45, 2.75) is 264 Å². The van der Waals surface area contributed by atoms with Crippen molar-refractivity contribution in [3.05, 3.63) is 0 Å². The minimum Gasteiger partial charge on any atom is -0.330 e. The molecule has 1 nitrogen and oxygen atoms in total. The van der Waals surface area contributed by atoms with Gasteiger partial charge in [-0.15, -0.1) is 0 Å². The number of hydrogen-bond donors (Lipinski definition) is 1. The Bertz CT molecular complexity index is 406. The van der Waals surface area contributed by atoms with Crippen LogP contribution in [0, 0.1) is 0 Å². The SMILES string of the molecule is CCCCCCCCCCCCCCCCCCCCCCCCCCCCCCCCCCCCCCCCCCN. The molecule has 260 valence electrons. The molecule has 0 atom stereocenters. The van der Waals surface area contributed by atoms with Crippen LogP contribution in [0.2, 0.25) is 0 Å². The molecule has 0 rings (SSSR count). The summed E-state index contributed by atoms with van der Waals surface area (Å²) in [5, 5.41) is 0. The Labute approximate surface area is 275 Å². The van der Waals surface area contributed by atoms with Gasteiger partial charge in [-0.1, -0.05) is 257 Å². The van der Waals surface area contributed by atoms with E-state index < -0.39 is 0 Å². The summed E-state index contributed by atoms with van der Waals surface area (Å²) in [6.45, 7) is 3.18. The van der Waals surface area contributed by atoms with Crippen LogP contribution in [0.5, 0.6) is 0 Å². The van der Waals surface area contributed by atoms with Gasteiger partial charge in [0, 0.05) is 0 Å². The molecule has 0 unspecified atom stereocenters. The van der Waals surface area contributed by atoms with Crippen molar-refractivity contribution in [2.24, 2.45) is 5.73 Å². The zero-order valence-electron chi connectivity index (χ0n) is 30.6. The second-order valence-electron chi connectivity index (χ2n) is 14.6. The highest BCUT2D eigenvalue weighted by molar-refractivity contribution is 4.53. The van der Waals surface area contributed by atoms with E-state index in [1.165, 1.54) is 257 Å². The molecule has 0 amide bonds. The standard InChI is InChI=1S/C42H87N/c1-2-3-4-5-6-7-8-9-10-11-12-13-14-15-16-17-18-19-20-21-22-23-24-25-26-27-28-29-30-31-32-33-34-35-36-37-38-39-40-41-42-43/h2-43H2,1H3. The maximum Gasteiger partial charge on any atom is -0.00773 e. The third-order valence-corrected chi connectivity index (χ3v) is 10.1. The maximum absolute atomic E-state index is 5.55. The Morgan fingerprint density at radius 3 is 0.419 bits per heavy atom. The highest BCUT2D eigenvalue weighted by Gasteiger charge is 1.98. The monoisotopic (exact) mass is 606 g/mol. The molecular formula is C42H87N. The number of unbranched alkanes of at least 4 members (excludes halogenated alkanes) is 39. The molecule has 0 aromatic heterocycles. The third-order valence-electron chi connectivity index (χ3n) is 10.1. The van der Waals surface area contributed by atoms with Gasteiger partial charge in [0.1, 0.15) is 0 Å². The van der Waals surface area contributed by atoms with Crippen LogP contribution in [0.4, 0.5) is 0 Å². The average molecular weight is 606 g/mol. The average Bonchev–Trinajstić information content (AvgIpc) is 3.02. The van der Waals surface area contributed by atoms with Crippen LogP contribution in [0.15, 0.2) is 0 Å². The van der Waals surface area contributed by atoms with Crippen LogP contribution < -0.4 is 5.73 Å². The van der Waals surface area contributed by atoms with Crippen molar-refractivity contribution >= 4 is 0 Å². The molecule has 0 saturated carbocycles. The molecule has 0 aliphatic heterocycles. The lowest BCUT2D eigenvalue weighted by atomic mass is 10.0. The number of rotatable bonds is 40. The molecule has 0 fully saturated rings. The van der Waals surface area contributed by atoms with Crippen LogP contribution in [0.25, 0.3) is 0 Å². The fourth-order valence-electron chi connectivity index (χ4n) is 6.94. The van der Waals surface area contributed by atoms with Crippen LogP contribution in [0.1, 0.15) is 264 Å². The Hall–Kier alpha value is -0.0400. The van der Waals surface area contributed by atoms with Gasteiger partial charge in [-0.3, -0.25) is 0 Å². The van der Waals surface area contributed by atoms with Crippen molar-refractivity contribution in [1.82, 2.24) is 0 Å². The Balaban J connectivity index is 3.02. The minimum atomic E-state index is 0.875. The van der Waals surface area contributed by atoms with E-state index in [2.05, 4.69) is 6.92 Å². The van der Waals surface area contributed by atoms with Crippen molar-refractivity contribution in [2.75, 3.05) is 6.54 Å². The summed E-state index contributed by atoms with van der Waals surface area (Å²) in [4.78, 5) is 0. The molecule has 0 aliphatic carbocycles. The zero-order chi connectivity index (χ0) is 31.0. The van der Waals surface area contributed by atoms with Crippen LogP contribution in [-0.2, 0) is 0 Å². The van der Waals surface area contributed by atoms with E-state index in [1.54, 1.807) is 0 Å². The van der Waals surface area contributed by atoms with Crippen LogP contribution >= 0.6 is 0 Å². The Kier molecular flexibility index (Phi) is 41.9. The summed E-state index contributed by atoms with van der Waals surface area (Å²) < 4.78 is 0. The zero-order valence-corrected chi connectivity index (χ0v) is 30.6. The topological polar surface area (TPSA) is 26.0 Å². The summed E-state index contributed by atoms with van der Waals surface area (Å²) in [5.74, 6) is 0. The first-order valence-corrected chi connectivity index (χ1v) is 21.1. The molecule has 0 aromatic rings. The Morgan fingerprint density at radius 2 is 0.302 bits per heavy atom. The van der Waals surface area contributed by atoms with E-state index in [0.717, 1.165) is 6.54 Å². The molecule has 0 bridgehead atoms. The predicted octanol–water partition coefficient (Wildman–Crippen LogP) is 15.6. The molecule has 0 aliphatic rings. The smallest absolute Gasteiger partial charge is 0.00773 e. The lowest BCUT2D eigenvalue weighted by Crippen LogP contribution is -1.97. The first-order valence-electron chi connectivity index (χ1n) is 21.1. The van der Waals surface area contributed by atoms with Gasteiger partial charge in [-0.2, -0.15) is 0 Å². The quantitative estimate of drug-likeness (QED) is 0.0691. The summed E-state index contributed by atoms with van der Waals surface area (Å²) in [5.41, 5.74) is 5.55. The van der Waals surface area contributed by atoms with Gasteiger partial charge in [0.25, 0.3) is 0 Å². The van der Waals surface area contributed by atoms with Gasteiger partial charge in [0.2, 0.25) is 0 Å². The first-order chi connectivity index (χ1) is 21.4. The number of hydrogen-bond acceptors (Lipinski definition) is 1. The highest BCUT2D eigenvalue weighted by atomic mass is 14.5. The fraction of sp³-hybridized carbons (Fsp3) is 1.00. The predicted molar refractivity (Wildman–Crippen MR) is 199 cm³/mol. The summed E-state index contributed by atoms with van der Waals surface area (Å²) in [6.07, 6.45) is 58.8. The van der Waals surface area contributed by atoms with E-state index in [-0.39, 0.29) is 0 Å². The molecule has 0 heterocycles. The molecule has 0 spiro atoms. The highest BCUT2D eigenvalue weighted by Crippen LogP contribution is 2.17. The molecule has 0 radical (unpaired) electrons. The first kappa shape index (κ1) is 43.0. The van der Waals surface area contributed by atoms with Gasteiger partial charge in [0.05, 0.1) is 0 Å². The van der Waals surface area contributed by atoms with Gasteiger partial charge >= 0.3 is 0 Å². The fourth-order valence-corrected chi connectivity index (χ4v) is 6.94. The minimum absolute atomic E-state index is 0.875. The number of nitrogens with two attached hydrogens (primary N) is 1. The van der Waals surface area contributed by atoms with E-state index in [4.69, 9.17) is 5.73 Å². The van der Waals surface area contributed by atoms with Gasteiger partial charge in [0.15, 0.2) is 0 Å². The normalized spacial score (nSPS) is 11.6. The molecule has 1 heteroatoms. The van der Waals surface area contributed by atoms with Crippen molar-refractivity contribution in [3.8, 4) is 0 Å². The van der Waals surface area contributed by atoms with Crippen molar-refractivity contribution in [1.29, 1.82) is 0 Å². The van der Waals surface area contributed by atoms with Crippen molar-refractivity contribution in [3.63, 3.8) is 0 Å². The van der Waals surface area contributed by atoms with E-state index in [9.17, 15) is 0 Å². The van der Waals surface area contributed by atoms with Gasteiger partial charge in [-0.05, 0) is 13.0 Å². The Morgan fingerprint density at radius 1 is 0.186 bits per heavy atom. The lowest BCUT2D eigenvalue weighted by Gasteiger charge is -2.05.